The van der Waals surface area contributed by atoms with Gasteiger partial charge in [0.05, 0.1) is 5.69 Å². The maximum atomic E-state index is 11.6. The fourth-order valence-electron chi connectivity index (χ4n) is 1.42. The van der Waals surface area contributed by atoms with Gasteiger partial charge < -0.3 is 15.2 Å². The van der Waals surface area contributed by atoms with Crippen molar-refractivity contribution in [1.82, 2.24) is 15.1 Å². The highest BCUT2D eigenvalue weighted by Crippen LogP contribution is 1.99. The monoisotopic (exact) mass is 267 g/mol. The Labute approximate surface area is 110 Å². The predicted molar refractivity (Wildman–Crippen MR) is 68.3 cm³/mol. The number of carboxylic acids is 1. The number of carbonyl (C=O) groups excluding carboxylic acids is 1. The number of hydrogen-bond acceptors (Lipinski definition) is 4. The van der Waals surface area contributed by atoms with E-state index in [1.807, 2.05) is 0 Å². The highest BCUT2D eigenvalue weighted by atomic mass is 16.5. The second-order valence-corrected chi connectivity index (χ2v) is 3.89. The van der Waals surface area contributed by atoms with Crippen molar-refractivity contribution >= 4 is 18.0 Å². The predicted octanol–water partition coefficient (Wildman–Crippen LogP) is 0.0392. The number of amides is 1. The van der Waals surface area contributed by atoms with Gasteiger partial charge in [-0.3, -0.25) is 9.48 Å². The minimum Gasteiger partial charge on any atom is -0.480 e. The third-order valence-electron chi connectivity index (χ3n) is 2.49. The summed E-state index contributed by atoms with van der Waals surface area (Å²) in [7, 11) is 3.22. The van der Waals surface area contributed by atoms with Crippen LogP contribution in [-0.4, -0.2) is 46.5 Å². The highest BCUT2D eigenvalue weighted by Gasteiger charge is 2.18. The van der Waals surface area contributed by atoms with Gasteiger partial charge >= 0.3 is 5.97 Å². The molecule has 1 aromatic rings. The van der Waals surface area contributed by atoms with Crippen LogP contribution < -0.4 is 5.32 Å². The molecule has 0 saturated carbocycles. The minimum atomic E-state index is -1.08. The van der Waals surface area contributed by atoms with E-state index in [0.29, 0.717) is 0 Å². The number of methoxy groups -OCH3 is 1. The maximum Gasteiger partial charge on any atom is 0.326 e. The largest absolute Gasteiger partial charge is 0.480 e. The number of rotatable bonds is 7. The average Bonchev–Trinajstić information content (AvgIpc) is 2.77. The van der Waals surface area contributed by atoms with E-state index in [2.05, 4.69) is 10.4 Å². The van der Waals surface area contributed by atoms with Crippen LogP contribution in [0.15, 0.2) is 18.3 Å². The lowest BCUT2D eigenvalue weighted by atomic mass is 10.2. The molecule has 0 saturated heterocycles. The van der Waals surface area contributed by atoms with E-state index >= 15 is 0 Å². The van der Waals surface area contributed by atoms with Gasteiger partial charge in [-0.2, -0.15) is 5.10 Å². The van der Waals surface area contributed by atoms with Gasteiger partial charge in [0.25, 0.3) is 0 Å². The number of aromatic nitrogens is 2. The zero-order valence-electron chi connectivity index (χ0n) is 10.9. The Balaban J connectivity index is 2.55. The Kier molecular flexibility index (Phi) is 5.74. The minimum absolute atomic E-state index is 0.219. The van der Waals surface area contributed by atoms with E-state index in [1.54, 1.807) is 30.1 Å². The Morgan fingerprint density at radius 1 is 1.63 bits per heavy atom. The van der Waals surface area contributed by atoms with Crippen molar-refractivity contribution in [3.05, 3.63) is 24.0 Å². The Hall–Kier alpha value is -2.15. The van der Waals surface area contributed by atoms with Crippen LogP contribution in [0.4, 0.5) is 0 Å². The summed E-state index contributed by atoms with van der Waals surface area (Å²) in [5.41, 5.74) is 0.749. The van der Waals surface area contributed by atoms with E-state index in [-0.39, 0.29) is 13.0 Å². The highest BCUT2D eigenvalue weighted by molar-refractivity contribution is 5.94. The second-order valence-electron chi connectivity index (χ2n) is 3.89. The Morgan fingerprint density at radius 2 is 2.37 bits per heavy atom. The van der Waals surface area contributed by atoms with Gasteiger partial charge in [0, 0.05) is 39.5 Å². The summed E-state index contributed by atoms with van der Waals surface area (Å²) >= 11 is 0. The summed E-state index contributed by atoms with van der Waals surface area (Å²) in [6.07, 6.45) is 4.67. The summed E-state index contributed by atoms with van der Waals surface area (Å²) in [4.78, 5) is 22.5. The summed E-state index contributed by atoms with van der Waals surface area (Å²) in [5, 5.41) is 15.3. The molecular weight excluding hydrogens is 250 g/mol. The first-order chi connectivity index (χ1) is 9.04. The first kappa shape index (κ1) is 14.9. The smallest absolute Gasteiger partial charge is 0.326 e. The number of aryl methyl sites for hydroxylation is 1. The molecule has 1 unspecified atom stereocenters. The number of carboxylic acid groups (broad SMARTS) is 1. The molecule has 7 heteroatoms. The molecule has 0 aromatic carbocycles. The van der Waals surface area contributed by atoms with Gasteiger partial charge in [-0.25, -0.2) is 4.79 Å². The average molecular weight is 267 g/mol. The van der Waals surface area contributed by atoms with E-state index in [4.69, 9.17) is 9.84 Å². The zero-order valence-corrected chi connectivity index (χ0v) is 10.9. The van der Waals surface area contributed by atoms with Gasteiger partial charge in [-0.05, 0) is 12.1 Å². The normalized spacial score (nSPS) is 12.5. The Bertz CT molecular complexity index is 467. The van der Waals surface area contributed by atoms with Crippen LogP contribution in [0, 0.1) is 0 Å². The standard InChI is InChI=1S/C12H17N3O4/c1-15-9(5-7-13-15)3-4-11(16)14-10(12(17)18)6-8-19-2/h3-5,7,10H,6,8H2,1-2H3,(H,14,16)(H,17,18). The molecule has 0 aliphatic carbocycles. The van der Waals surface area contributed by atoms with E-state index in [9.17, 15) is 9.59 Å². The zero-order chi connectivity index (χ0) is 14.3. The fraction of sp³-hybridized carbons (Fsp3) is 0.417. The van der Waals surface area contributed by atoms with Gasteiger partial charge in [-0.1, -0.05) is 0 Å². The van der Waals surface area contributed by atoms with Crippen molar-refractivity contribution in [3.63, 3.8) is 0 Å². The molecular formula is C12H17N3O4. The second kappa shape index (κ2) is 7.32. The van der Waals surface area contributed by atoms with Crippen molar-refractivity contribution in [3.8, 4) is 0 Å². The molecule has 1 amide bonds. The molecule has 1 rings (SSSR count). The molecule has 0 fully saturated rings. The lowest BCUT2D eigenvalue weighted by molar-refractivity contribution is -0.141. The lowest BCUT2D eigenvalue weighted by Gasteiger charge is -2.12. The molecule has 7 nitrogen and oxygen atoms in total. The Morgan fingerprint density at radius 3 is 2.89 bits per heavy atom. The van der Waals surface area contributed by atoms with Crippen molar-refractivity contribution in [1.29, 1.82) is 0 Å². The molecule has 0 radical (unpaired) electrons. The van der Waals surface area contributed by atoms with Gasteiger partial charge in [0.2, 0.25) is 5.91 Å². The number of hydrogen-bond donors (Lipinski definition) is 2. The van der Waals surface area contributed by atoms with Gasteiger partial charge in [0.1, 0.15) is 6.04 Å². The lowest BCUT2D eigenvalue weighted by Crippen LogP contribution is -2.40. The fourth-order valence-corrected chi connectivity index (χ4v) is 1.42. The van der Waals surface area contributed by atoms with Crippen molar-refractivity contribution in [2.24, 2.45) is 7.05 Å². The quantitative estimate of drug-likeness (QED) is 0.680. The van der Waals surface area contributed by atoms with Gasteiger partial charge in [0.15, 0.2) is 0 Å². The molecule has 1 heterocycles. The first-order valence-electron chi connectivity index (χ1n) is 5.73. The molecule has 104 valence electrons. The van der Waals surface area contributed by atoms with Crippen LogP contribution in [-0.2, 0) is 21.4 Å². The first-order valence-corrected chi connectivity index (χ1v) is 5.73. The SMILES string of the molecule is COCCC(NC(=O)C=Cc1ccnn1C)C(=O)O. The van der Waals surface area contributed by atoms with E-state index in [1.165, 1.54) is 13.2 Å². The van der Waals surface area contributed by atoms with E-state index < -0.39 is 17.9 Å². The molecule has 1 atom stereocenters. The molecule has 0 aliphatic rings. The van der Waals surface area contributed by atoms with E-state index in [0.717, 1.165) is 5.69 Å². The summed E-state index contributed by atoms with van der Waals surface area (Å²) in [6.45, 7) is 0.267. The summed E-state index contributed by atoms with van der Waals surface area (Å²) < 4.78 is 6.39. The molecule has 1 aromatic heterocycles. The maximum absolute atomic E-state index is 11.6. The van der Waals surface area contributed by atoms with Crippen LogP contribution in [0.3, 0.4) is 0 Å². The third-order valence-corrected chi connectivity index (χ3v) is 2.49. The molecule has 0 spiro atoms. The van der Waals surface area contributed by atoms with Crippen LogP contribution >= 0.6 is 0 Å². The third kappa shape index (κ3) is 4.92. The molecule has 19 heavy (non-hydrogen) atoms. The molecule has 2 N–H and O–H groups in total. The number of aliphatic carboxylic acids is 1. The van der Waals surface area contributed by atoms with Crippen LogP contribution in [0.5, 0.6) is 0 Å². The van der Waals surface area contributed by atoms with Crippen molar-refractivity contribution < 1.29 is 19.4 Å². The number of nitrogens with zero attached hydrogens (tertiary/aromatic N) is 2. The van der Waals surface area contributed by atoms with Crippen molar-refractivity contribution in [2.75, 3.05) is 13.7 Å². The van der Waals surface area contributed by atoms with Crippen LogP contribution in [0.25, 0.3) is 6.08 Å². The number of carbonyl (C=O) groups is 2. The number of ether oxygens (including phenoxy) is 1. The summed E-state index contributed by atoms with van der Waals surface area (Å²) in [5.74, 6) is -1.55. The van der Waals surface area contributed by atoms with Gasteiger partial charge in [-0.15, -0.1) is 0 Å². The van der Waals surface area contributed by atoms with Crippen LogP contribution in [0.1, 0.15) is 12.1 Å². The van der Waals surface area contributed by atoms with Crippen LogP contribution in [0.2, 0.25) is 0 Å². The topological polar surface area (TPSA) is 93.5 Å². The molecule has 0 bridgehead atoms. The van der Waals surface area contributed by atoms with Crippen molar-refractivity contribution in [2.45, 2.75) is 12.5 Å². The molecule has 0 aliphatic heterocycles. The summed E-state index contributed by atoms with van der Waals surface area (Å²) in [6, 6.07) is 0.785. The number of nitrogens with one attached hydrogen (secondary N) is 1.